The van der Waals surface area contributed by atoms with Gasteiger partial charge in [-0.3, -0.25) is 4.79 Å². The van der Waals surface area contributed by atoms with Crippen LogP contribution < -0.4 is 10.1 Å². The van der Waals surface area contributed by atoms with Gasteiger partial charge in [0.15, 0.2) is 0 Å². The Labute approximate surface area is 133 Å². The Bertz CT molecular complexity index is 494. The highest BCUT2D eigenvalue weighted by molar-refractivity contribution is 5.80. The van der Waals surface area contributed by atoms with Crippen LogP contribution in [0.2, 0.25) is 0 Å². The Balaban J connectivity index is 1.79. The van der Waals surface area contributed by atoms with Gasteiger partial charge >= 0.3 is 0 Å². The number of hydrogen-bond donors (Lipinski definition) is 1. The summed E-state index contributed by atoms with van der Waals surface area (Å²) in [6.07, 6.45) is 5.46. The molecule has 1 fully saturated rings. The van der Waals surface area contributed by atoms with Crippen molar-refractivity contribution < 1.29 is 9.53 Å². The van der Waals surface area contributed by atoms with Crippen LogP contribution in [0.3, 0.4) is 0 Å². The molecule has 22 heavy (non-hydrogen) atoms. The molecule has 0 amide bonds. The van der Waals surface area contributed by atoms with E-state index in [1.807, 2.05) is 26.0 Å². The molecule has 0 spiro atoms. The van der Waals surface area contributed by atoms with Gasteiger partial charge in [-0.2, -0.15) is 0 Å². The van der Waals surface area contributed by atoms with Crippen molar-refractivity contribution in [2.75, 3.05) is 0 Å². The fourth-order valence-corrected chi connectivity index (χ4v) is 2.67. The second-order valence-electron chi connectivity index (χ2n) is 6.85. The van der Waals surface area contributed by atoms with Crippen LogP contribution in [0.5, 0.6) is 5.88 Å². The molecule has 0 saturated heterocycles. The minimum atomic E-state index is 0.109. The Morgan fingerprint density at radius 2 is 2.09 bits per heavy atom. The van der Waals surface area contributed by atoms with E-state index in [0.29, 0.717) is 30.2 Å². The van der Waals surface area contributed by atoms with Crippen molar-refractivity contribution in [2.45, 2.75) is 71.6 Å². The lowest BCUT2D eigenvalue weighted by atomic mass is 9.89. The summed E-state index contributed by atoms with van der Waals surface area (Å²) in [5.41, 5.74) is 1.12. The van der Waals surface area contributed by atoms with E-state index in [4.69, 9.17) is 4.74 Å². The molecule has 1 heterocycles. The molecular formula is C18H28N2O2. The average molecular weight is 304 g/mol. The summed E-state index contributed by atoms with van der Waals surface area (Å²) in [5, 5.41) is 3.51. The number of aryl methyl sites for hydroxylation is 1. The quantitative estimate of drug-likeness (QED) is 0.801. The Hall–Kier alpha value is -1.42. The second kappa shape index (κ2) is 7.73. The monoisotopic (exact) mass is 304 g/mol. The maximum absolute atomic E-state index is 11.7. The third-order valence-electron chi connectivity index (χ3n) is 4.05. The lowest BCUT2D eigenvalue weighted by Gasteiger charge is -2.36. The molecule has 0 bridgehead atoms. The SMILES string of the molecule is CC(C)N[C@H]1C[C@@H](Oc2cc(CCC(=O)C(C)C)ccn2)C1. The van der Waals surface area contributed by atoms with Gasteiger partial charge in [-0.15, -0.1) is 0 Å². The van der Waals surface area contributed by atoms with E-state index >= 15 is 0 Å². The van der Waals surface area contributed by atoms with Crippen molar-refractivity contribution in [3.8, 4) is 5.88 Å². The van der Waals surface area contributed by atoms with E-state index in [1.54, 1.807) is 6.20 Å². The smallest absolute Gasteiger partial charge is 0.213 e. The lowest BCUT2D eigenvalue weighted by molar-refractivity contribution is -0.121. The zero-order valence-corrected chi connectivity index (χ0v) is 14.1. The largest absolute Gasteiger partial charge is 0.474 e. The second-order valence-corrected chi connectivity index (χ2v) is 6.85. The number of carbonyl (C=O) groups excluding carboxylic acids is 1. The molecule has 0 radical (unpaired) electrons. The van der Waals surface area contributed by atoms with Crippen LogP contribution in [0, 0.1) is 5.92 Å². The van der Waals surface area contributed by atoms with Gasteiger partial charge < -0.3 is 10.1 Å². The Morgan fingerprint density at radius 3 is 2.73 bits per heavy atom. The number of nitrogens with zero attached hydrogens (tertiary/aromatic N) is 1. The Kier molecular flexibility index (Phi) is 5.95. The first-order chi connectivity index (χ1) is 10.4. The van der Waals surface area contributed by atoms with Crippen molar-refractivity contribution >= 4 is 5.78 Å². The highest BCUT2D eigenvalue weighted by Gasteiger charge is 2.31. The molecule has 0 aromatic carbocycles. The summed E-state index contributed by atoms with van der Waals surface area (Å²) in [4.78, 5) is 16.0. The number of pyridine rings is 1. The molecule has 1 N–H and O–H groups in total. The molecule has 1 aliphatic carbocycles. The predicted octanol–water partition coefficient (Wildman–Crippen LogP) is 3.15. The van der Waals surface area contributed by atoms with E-state index in [9.17, 15) is 4.79 Å². The van der Waals surface area contributed by atoms with Crippen molar-refractivity contribution in [1.82, 2.24) is 10.3 Å². The molecule has 1 aromatic rings. The summed E-state index contributed by atoms with van der Waals surface area (Å²) in [5.74, 6) is 1.10. The number of Topliss-reactive ketones (excluding diaryl/α,β-unsaturated/α-hetero) is 1. The van der Waals surface area contributed by atoms with Crippen molar-refractivity contribution in [3.63, 3.8) is 0 Å². The number of ether oxygens (including phenoxy) is 1. The fraction of sp³-hybridized carbons (Fsp3) is 0.667. The van der Waals surface area contributed by atoms with Gasteiger partial charge in [-0.1, -0.05) is 27.7 Å². The van der Waals surface area contributed by atoms with Gasteiger partial charge in [-0.25, -0.2) is 4.98 Å². The van der Waals surface area contributed by atoms with Crippen LogP contribution in [0.15, 0.2) is 18.3 Å². The molecule has 0 aliphatic heterocycles. The van der Waals surface area contributed by atoms with Crippen LogP contribution in [0.25, 0.3) is 0 Å². The van der Waals surface area contributed by atoms with Crippen LogP contribution in [0.4, 0.5) is 0 Å². The molecule has 4 nitrogen and oxygen atoms in total. The third kappa shape index (κ3) is 5.09. The number of hydrogen-bond acceptors (Lipinski definition) is 4. The molecule has 1 aliphatic rings. The number of rotatable bonds is 8. The van der Waals surface area contributed by atoms with E-state index in [0.717, 1.165) is 24.8 Å². The first kappa shape index (κ1) is 16.9. The zero-order chi connectivity index (χ0) is 16.1. The zero-order valence-electron chi connectivity index (χ0n) is 14.1. The topological polar surface area (TPSA) is 51.2 Å². The normalized spacial score (nSPS) is 21.0. The van der Waals surface area contributed by atoms with Crippen molar-refractivity contribution in [3.05, 3.63) is 23.9 Å². The van der Waals surface area contributed by atoms with Crippen molar-refractivity contribution in [2.24, 2.45) is 5.92 Å². The maximum Gasteiger partial charge on any atom is 0.213 e. The van der Waals surface area contributed by atoms with Gasteiger partial charge in [-0.05, 0) is 30.9 Å². The highest BCUT2D eigenvalue weighted by atomic mass is 16.5. The third-order valence-corrected chi connectivity index (χ3v) is 4.05. The molecule has 1 saturated carbocycles. The number of carbonyl (C=O) groups is 1. The summed E-state index contributed by atoms with van der Waals surface area (Å²) < 4.78 is 5.92. The minimum Gasteiger partial charge on any atom is -0.474 e. The summed E-state index contributed by atoms with van der Waals surface area (Å²) in [7, 11) is 0. The molecular weight excluding hydrogens is 276 g/mol. The standard InChI is InChI=1S/C18H28N2O2/c1-12(2)17(21)6-5-14-7-8-19-18(9-14)22-16-10-15(11-16)20-13(3)4/h7-9,12-13,15-16,20H,5-6,10-11H2,1-4H3/t15-,16+. The first-order valence-corrected chi connectivity index (χ1v) is 8.34. The van der Waals surface area contributed by atoms with Crippen LogP contribution in [-0.2, 0) is 11.2 Å². The van der Waals surface area contributed by atoms with Crippen LogP contribution in [0.1, 0.15) is 52.5 Å². The van der Waals surface area contributed by atoms with Gasteiger partial charge in [0.2, 0.25) is 5.88 Å². The fourth-order valence-electron chi connectivity index (χ4n) is 2.67. The number of aromatic nitrogens is 1. The van der Waals surface area contributed by atoms with Crippen molar-refractivity contribution in [1.29, 1.82) is 0 Å². The van der Waals surface area contributed by atoms with E-state index in [2.05, 4.69) is 24.1 Å². The van der Waals surface area contributed by atoms with E-state index in [1.165, 1.54) is 0 Å². The van der Waals surface area contributed by atoms with Crippen LogP contribution in [-0.4, -0.2) is 29.0 Å². The van der Waals surface area contributed by atoms with Gasteiger partial charge in [0.25, 0.3) is 0 Å². The first-order valence-electron chi connectivity index (χ1n) is 8.34. The molecule has 2 rings (SSSR count). The van der Waals surface area contributed by atoms with E-state index in [-0.39, 0.29) is 12.0 Å². The Morgan fingerprint density at radius 1 is 1.36 bits per heavy atom. The van der Waals surface area contributed by atoms with Gasteiger partial charge in [0, 0.05) is 36.7 Å². The minimum absolute atomic E-state index is 0.109. The molecule has 4 heteroatoms. The summed E-state index contributed by atoms with van der Waals surface area (Å²) in [6, 6.07) is 5.02. The van der Waals surface area contributed by atoms with E-state index < -0.39 is 0 Å². The lowest BCUT2D eigenvalue weighted by Crippen LogP contribution is -2.49. The predicted molar refractivity (Wildman–Crippen MR) is 88.1 cm³/mol. The molecule has 0 unspecified atom stereocenters. The maximum atomic E-state index is 11.7. The summed E-state index contributed by atoms with van der Waals surface area (Å²) in [6.45, 7) is 8.22. The molecule has 122 valence electrons. The molecule has 0 atom stereocenters. The highest BCUT2D eigenvalue weighted by Crippen LogP contribution is 2.25. The molecule has 1 aromatic heterocycles. The van der Waals surface area contributed by atoms with Crippen LogP contribution >= 0.6 is 0 Å². The number of ketones is 1. The number of nitrogens with one attached hydrogen (secondary N) is 1. The summed E-state index contributed by atoms with van der Waals surface area (Å²) >= 11 is 0. The van der Waals surface area contributed by atoms with Gasteiger partial charge in [0.1, 0.15) is 11.9 Å². The average Bonchev–Trinajstić information content (AvgIpc) is 2.42. The van der Waals surface area contributed by atoms with Gasteiger partial charge in [0.05, 0.1) is 0 Å².